The van der Waals surface area contributed by atoms with Crippen LogP contribution in [0.4, 0.5) is 13.2 Å². The van der Waals surface area contributed by atoms with Gasteiger partial charge in [0, 0.05) is 10.4 Å². The summed E-state index contributed by atoms with van der Waals surface area (Å²) in [5.74, 6) is 0.302. The first-order valence-electron chi connectivity index (χ1n) is 7.16. The van der Waals surface area contributed by atoms with Gasteiger partial charge in [-0.2, -0.15) is 13.2 Å². The third kappa shape index (κ3) is 2.35. The molecule has 2 aromatic heterocycles. The largest absolute Gasteiger partial charge is 0.416 e. The number of thiophene rings is 1. The summed E-state index contributed by atoms with van der Waals surface area (Å²) >= 11 is 1.51. The van der Waals surface area contributed by atoms with Crippen molar-refractivity contribution in [2.45, 2.75) is 25.4 Å². The molecule has 0 amide bonds. The highest BCUT2D eigenvalue weighted by Crippen LogP contribution is 2.35. The number of benzene rings is 1. The van der Waals surface area contributed by atoms with Crippen molar-refractivity contribution in [3.05, 3.63) is 50.6 Å². The Morgan fingerprint density at radius 3 is 2.57 bits per heavy atom. The molecule has 1 aromatic carbocycles. The molecule has 4 rings (SSSR count). The lowest BCUT2D eigenvalue weighted by molar-refractivity contribution is -0.137. The van der Waals surface area contributed by atoms with Gasteiger partial charge in [0.1, 0.15) is 10.7 Å². The van der Waals surface area contributed by atoms with Crippen LogP contribution >= 0.6 is 11.3 Å². The molecule has 2 heterocycles. The van der Waals surface area contributed by atoms with Crippen LogP contribution < -0.4 is 5.56 Å². The van der Waals surface area contributed by atoms with Gasteiger partial charge in [-0.25, -0.2) is 4.98 Å². The number of fused-ring (bicyclic) bond motifs is 3. The Hall–Kier alpha value is -2.15. The van der Waals surface area contributed by atoms with Crippen LogP contribution in [-0.2, 0) is 19.0 Å². The quantitative estimate of drug-likeness (QED) is 0.725. The van der Waals surface area contributed by atoms with Gasteiger partial charge < -0.3 is 4.98 Å². The van der Waals surface area contributed by atoms with E-state index >= 15 is 0 Å². The Balaban J connectivity index is 1.82. The molecule has 0 fully saturated rings. The highest BCUT2D eigenvalue weighted by molar-refractivity contribution is 7.18. The van der Waals surface area contributed by atoms with Gasteiger partial charge in [-0.3, -0.25) is 4.79 Å². The van der Waals surface area contributed by atoms with Gasteiger partial charge in [0.25, 0.3) is 5.56 Å². The molecule has 1 N–H and O–H groups in total. The van der Waals surface area contributed by atoms with E-state index in [-0.39, 0.29) is 5.56 Å². The van der Waals surface area contributed by atoms with Crippen LogP contribution in [0.1, 0.15) is 22.4 Å². The van der Waals surface area contributed by atoms with E-state index in [0.29, 0.717) is 21.6 Å². The Labute approximate surface area is 132 Å². The van der Waals surface area contributed by atoms with Crippen molar-refractivity contribution >= 4 is 21.6 Å². The van der Waals surface area contributed by atoms with E-state index in [2.05, 4.69) is 9.97 Å². The third-order valence-corrected chi connectivity index (χ3v) is 5.25. The smallest absolute Gasteiger partial charge is 0.306 e. The predicted octanol–water partition coefficient (Wildman–Crippen LogP) is 4.16. The highest BCUT2D eigenvalue weighted by atomic mass is 32.1. The van der Waals surface area contributed by atoms with Crippen molar-refractivity contribution in [3.63, 3.8) is 0 Å². The van der Waals surface area contributed by atoms with Crippen LogP contribution in [-0.4, -0.2) is 9.97 Å². The van der Waals surface area contributed by atoms with Crippen LogP contribution in [0.15, 0.2) is 29.1 Å². The van der Waals surface area contributed by atoms with Crippen LogP contribution in [0.5, 0.6) is 0 Å². The molecule has 0 aliphatic heterocycles. The average Bonchev–Trinajstić information content (AvgIpc) is 3.06. The lowest BCUT2D eigenvalue weighted by Crippen LogP contribution is -2.10. The summed E-state index contributed by atoms with van der Waals surface area (Å²) in [7, 11) is 0. The monoisotopic (exact) mass is 336 g/mol. The van der Waals surface area contributed by atoms with E-state index in [9.17, 15) is 18.0 Å². The normalized spacial score (nSPS) is 14.4. The maximum atomic E-state index is 12.6. The molecule has 1 aliphatic carbocycles. The van der Waals surface area contributed by atoms with Crippen LogP contribution in [0, 0.1) is 0 Å². The molecule has 0 atom stereocenters. The second-order valence-corrected chi connectivity index (χ2v) is 6.61. The number of nitrogens with one attached hydrogen (secondary N) is 1. The van der Waals surface area contributed by atoms with E-state index in [4.69, 9.17) is 0 Å². The first-order chi connectivity index (χ1) is 10.9. The van der Waals surface area contributed by atoms with Gasteiger partial charge >= 0.3 is 6.18 Å². The number of alkyl halides is 3. The summed E-state index contributed by atoms with van der Waals surface area (Å²) < 4.78 is 37.8. The zero-order chi connectivity index (χ0) is 16.2. The standard InChI is InChI=1S/C16H11F3N2OS/c17-16(18,19)9-6-4-8(5-7-9)13-20-14(22)12-10-2-1-3-11(10)23-15(12)21-13/h4-7H,1-3H2,(H,20,21,22). The molecule has 0 unspecified atom stereocenters. The Morgan fingerprint density at radius 1 is 1.13 bits per heavy atom. The molecule has 0 saturated heterocycles. The summed E-state index contributed by atoms with van der Waals surface area (Å²) in [6, 6.07) is 4.64. The number of aryl methyl sites for hydroxylation is 2. The van der Waals surface area contributed by atoms with E-state index in [1.165, 1.54) is 28.3 Å². The van der Waals surface area contributed by atoms with Crippen molar-refractivity contribution in [2.75, 3.05) is 0 Å². The molecular formula is C16H11F3N2OS. The number of nitrogens with zero attached hydrogens (tertiary/aromatic N) is 1. The van der Waals surface area contributed by atoms with Gasteiger partial charge in [-0.15, -0.1) is 11.3 Å². The third-order valence-electron chi connectivity index (χ3n) is 4.06. The average molecular weight is 336 g/mol. The van der Waals surface area contributed by atoms with Gasteiger partial charge in [0.05, 0.1) is 10.9 Å². The number of aromatic amines is 1. The van der Waals surface area contributed by atoms with Gasteiger partial charge in [-0.05, 0) is 37.0 Å². The molecular weight excluding hydrogens is 325 g/mol. The van der Waals surface area contributed by atoms with Crippen molar-refractivity contribution in [2.24, 2.45) is 0 Å². The lowest BCUT2D eigenvalue weighted by Gasteiger charge is -2.07. The summed E-state index contributed by atoms with van der Waals surface area (Å²) in [4.78, 5) is 21.4. The number of hydrogen-bond donors (Lipinski definition) is 1. The lowest BCUT2D eigenvalue weighted by atomic mass is 10.1. The van der Waals surface area contributed by atoms with E-state index in [0.717, 1.165) is 37.0 Å². The fourth-order valence-corrected chi connectivity index (χ4v) is 4.22. The number of aromatic nitrogens is 2. The predicted molar refractivity (Wildman–Crippen MR) is 82.7 cm³/mol. The molecule has 0 spiro atoms. The molecule has 7 heteroatoms. The van der Waals surface area contributed by atoms with Crippen molar-refractivity contribution in [3.8, 4) is 11.4 Å². The van der Waals surface area contributed by atoms with Crippen molar-refractivity contribution < 1.29 is 13.2 Å². The topological polar surface area (TPSA) is 45.8 Å². The number of hydrogen-bond acceptors (Lipinski definition) is 3. The number of H-pyrrole nitrogens is 1. The fraction of sp³-hybridized carbons (Fsp3) is 0.250. The molecule has 118 valence electrons. The minimum atomic E-state index is -4.38. The second kappa shape index (κ2) is 4.92. The fourth-order valence-electron chi connectivity index (χ4n) is 2.96. The van der Waals surface area contributed by atoms with Crippen LogP contribution in [0.2, 0.25) is 0 Å². The van der Waals surface area contributed by atoms with Crippen molar-refractivity contribution in [1.29, 1.82) is 0 Å². The SMILES string of the molecule is O=c1[nH]c(-c2ccc(C(F)(F)F)cc2)nc2sc3c(c12)CCC3. The summed E-state index contributed by atoms with van der Waals surface area (Å²) in [5.41, 5.74) is 0.604. The molecule has 3 aromatic rings. The first kappa shape index (κ1) is 14.4. The zero-order valence-corrected chi connectivity index (χ0v) is 12.6. The highest BCUT2D eigenvalue weighted by Gasteiger charge is 2.30. The molecule has 1 aliphatic rings. The molecule has 0 bridgehead atoms. The number of rotatable bonds is 1. The van der Waals surface area contributed by atoms with E-state index in [1.54, 1.807) is 0 Å². The van der Waals surface area contributed by atoms with E-state index in [1.807, 2.05) is 0 Å². The Kier molecular flexibility index (Phi) is 3.09. The molecule has 0 saturated carbocycles. The summed E-state index contributed by atoms with van der Waals surface area (Å²) in [6.07, 6.45) is -1.47. The summed E-state index contributed by atoms with van der Waals surface area (Å²) in [5, 5.41) is 0.637. The van der Waals surface area contributed by atoms with E-state index < -0.39 is 11.7 Å². The second-order valence-electron chi connectivity index (χ2n) is 5.53. The minimum absolute atomic E-state index is 0.218. The van der Waals surface area contributed by atoms with Gasteiger partial charge in [-0.1, -0.05) is 12.1 Å². The molecule has 23 heavy (non-hydrogen) atoms. The number of halogens is 3. The maximum absolute atomic E-state index is 12.6. The molecule has 3 nitrogen and oxygen atoms in total. The van der Waals surface area contributed by atoms with Gasteiger partial charge in [0.2, 0.25) is 0 Å². The summed E-state index contributed by atoms with van der Waals surface area (Å²) in [6.45, 7) is 0. The van der Waals surface area contributed by atoms with Crippen LogP contribution in [0.25, 0.3) is 21.6 Å². The minimum Gasteiger partial charge on any atom is -0.306 e. The maximum Gasteiger partial charge on any atom is 0.416 e. The zero-order valence-electron chi connectivity index (χ0n) is 11.8. The van der Waals surface area contributed by atoms with Crippen molar-refractivity contribution in [1.82, 2.24) is 9.97 Å². The Morgan fingerprint density at radius 2 is 1.87 bits per heavy atom. The van der Waals surface area contributed by atoms with Crippen LogP contribution in [0.3, 0.4) is 0 Å². The Bertz CT molecular complexity index is 954. The molecule has 0 radical (unpaired) electrons. The first-order valence-corrected chi connectivity index (χ1v) is 7.97. The van der Waals surface area contributed by atoms with Gasteiger partial charge in [0.15, 0.2) is 0 Å².